The van der Waals surface area contributed by atoms with E-state index in [9.17, 15) is 9.59 Å². The van der Waals surface area contributed by atoms with Crippen molar-refractivity contribution in [2.24, 2.45) is 0 Å². The second kappa shape index (κ2) is 7.85. The lowest BCUT2D eigenvalue weighted by Crippen LogP contribution is -2.23. The van der Waals surface area contributed by atoms with Gasteiger partial charge < -0.3 is 9.15 Å². The van der Waals surface area contributed by atoms with Gasteiger partial charge in [0, 0.05) is 15.5 Å². The number of carbonyl (C=O) groups excluding carboxylic acids is 1. The molecule has 1 aromatic carbocycles. The summed E-state index contributed by atoms with van der Waals surface area (Å²) in [5.41, 5.74) is 0.603. The number of rotatable bonds is 5. The Morgan fingerprint density at radius 1 is 1.24 bits per heavy atom. The predicted molar refractivity (Wildman–Crippen MR) is 113 cm³/mol. The zero-order chi connectivity index (χ0) is 20.5. The number of fused-ring (bicyclic) bond motifs is 1. The predicted octanol–water partition coefficient (Wildman–Crippen LogP) is 4.77. The van der Waals surface area contributed by atoms with E-state index in [2.05, 4.69) is 4.74 Å². The topological polar surface area (TPSA) is 74.3 Å². The van der Waals surface area contributed by atoms with Crippen LogP contribution in [0.1, 0.15) is 28.1 Å². The van der Waals surface area contributed by atoms with Gasteiger partial charge in [0.15, 0.2) is 0 Å². The fraction of sp³-hybridized carbons (Fsp3) is 0.190. The van der Waals surface area contributed by atoms with Gasteiger partial charge in [-0.05, 0) is 48.9 Å². The highest BCUT2D eigenvalue weighted by molar-refractivity contribution is 7.18. The van der Waals surface area contributed by atoms with Crippen molar-refractivity contribution in [3.63, 3.8) is 0 Å². The van der Waals surface area contributed by atoms with E-state index in [0.717, 1.165) is 16.9 Å². The van der Waals surface area contributed by atoms with Crippen molar-refractivity contribution < 1.29 is 13.9 Å². The number of aromatic nitrogens is 2. The standard InChI is InChI=1S/C21H17ClN2O4S/c1-3-15-10-16-19(29-15)23-18(12-4-6-13(22)7-5-12)24(20(16)25)11-14-8-9-17(28-14)21(26)27-2/h4-10H,3,11H2,1-2H3. The smallest absolute Gasteiger partial charge is 0.373 e. The third kappa shape index (κ3) is 3.71. The number of aryl methyl sites for hydroxylation is 1. The van der Waals surface area contributed by atoms with Crippen molar-refractivity contribution in [1.82, 2.24) is 9.55 Å². The molecule has 0 amide bonds. The van der Waals surface area contributed by atoms with Gasteiger partial charge in [0.25, 0.3) is 5.56 Å². The maximum Gasteiger partial charge on any atom is 0.373 e. The summed E-state index contributed by atoms with van der Waals surface area (Å²) in [4.78, 5) is 31.5. The normalized spacial score (nSPS) is 11.1. The van der Waals surface area contributed by atoms with Crippen LogP contribution >= 0.6 is 22.9 Å². The van der Waals surface area contributed by atoms with Gasteiger partial charge in [-0.2, -0.15) is 0 Å². The number of hydrogen-bond donors (Lipinski definition) is 0. The number of thiophene rings is 1. The lowest BCUT2D eigenvalue weighted by atomic mass is 10.2. The van der Waals surface area contributed by atoms with Crippen LogP contribution in [0.3, 0.4) is 0 Å². The molecule has 3 heterocycles. The molecule has 0 aliphatic rings. The minimum Gasteiger partial charge on any atom is -0.463 e. The van der Waals surface area contributed by atoms with Crippen LogP contribution in [0, 0.1) is 0 Å². The third-order valence-corrected chi connectivity index (χ3v) is 5.94. The average Bonchev–Trinajstić information content (AvgIpc) is 3.37. The Morgan fingerprint density at radius 3 is 2.69 bits per heavy atom. The number of esters is 1. The van der Waals surface area contributed by atoms with Crippen molar-refractivity contribution in [3.8, 4) is 11.4 Å². The Balaban J connectivity index is 1.87. The molecule has 0 N–H and O–H groups in total. The minimum atomic E-state index is -0.569. The minimum absolute atomic E-state index is 0.0847. The van der Waals surface area contributed by atoms with Crippen molar-refractivity contribution >= 4 is 39.1 Å². The summed E-state index contributed by atoms with van der Waals surface area (Å²) < 4.78 is 11.8. The van der Waals surface area contributed by atoms with Crippen LogP contribution in [0.4, 0.5) is 0 Å². The summed E-state index contributed by atoms with van der Waals surface area (Å²) in [6, 6.07) is 12.2. The molecule has 148 valence electrons. The van der Waals surface area contributed by atoms with Crippen LogP contribution < -0.4 is 5.56 Å². The summed E-state index contributed by atoms with van der Waals surface area (Å²) in [7, 11) is 1.29. The molecule has 6 nitrogen and oxygen atoms in total. The highest BCUT2D eigenvalue weighted by atomic mass is 35.5. The molecule has 0 spiro atoms. The van der Waals surface area contributed by atoms with E-state index in [1.54, 1.807) is 22.8 Å². The average molecular weight is 429 g/mol. The first kappa shape index (κ1) is 19.4. The quantitative estimate of drug-likeness (QED) is 0.428. The molecular weight excluding hydrogens is 412 g/mol. The van der Waals surface area contributed by atoms with Crippen LogP contribution in [0.5, 0.6) is 0 Å². The van der Waals surface area contributed by atoms with Gasteiger partial charge in [0.2, 0.25) is 5.76 Å². The number of methoxy groups -OCH3 is 1. The largest absolute Gasteiger partial charge is 0.463 e. The van der Waals surface area contributed by atoms with Gasteiger partial charge in [0.1, 0.15) is 16.4 Å². The molecule has 4 rings (SSSR count). The lowest BCUT2D eigenvalue weighted by molar-refractivity contribution is 0.0563. The molecule has 0 unspecified atom stereocenters. The first-order valence-corrected chi connectivity index (χ1v) is 10.2. The van der Waals surface area contributed by atoms with Crippen LogP contribution in [0.2, 0.25) is 5.02 Å². The fourth-order valence-corrected chi connectivity index (χ4v) is 4.12. The SMILES string of the molecule is CCc1cc2c(=O)n(Cc3ccc(C(=O)OC)o3)c(-c3ccc(Cl)cc3)nc2s1. The maximum atomic E-state index is 13.3. The Morgan fingerprint density at radius 2 is 2.00 bits per heavy atom. The van der Waals surface area contributed by atoms with Crippen molar-refractivity contribution in [1.29, 1.82) is 0 Å². The van der Waals surface area contributed by atoms with Crippen LogP contribution in [0.15, 0.2) is 51.7 Å². The van der Waals surface area contributed by atoms with Crippen LogP contribution in [-0.2, 0) is 17.7 Å². The Labute approximate surface area is 175 Å². The summed E-state index contributed by atoms with van der Waals surface area (Å²) in [5.74, 6) is 0.483. The molecule has 0 saturated carbocycles. The number of carbonyl (C=O) groups is 1. The van der Waals surface area contributed by atoms with Crippen molar-refractivity contribution in [3.05, 3.63) is 74.2 Å². The Bertz CT molecular complexity index is 1250. The zero-order valence-corrected chi connectivity index (χ0v) is 17.3. The van der Waals surface area contributed by atoms with Gasteiger partial charge in [-0.1, -0.05) is 18.5 Å². The molecule has 0 aliphatic heterocycles. The number of benzene rings is 1. The Hall–Kier alpha value is -2.90. The molecule has 0 fully saturated rings. The summed E-state index contributed by atoms with van der Waals surface area (Å²) in [6.45, 7) is 2.18. The number of furan rings is 1. The Kier molecular flexibility index (Phi) is 5.25. The third-order valence-electron chi connectivity index (χ3n) is 4.52. The first-order chi connectivity index (χ1) is 14.0. The molecule has 8 heteroatoms. The van der Waals surface area contributed by atoms with Gasteiger partial charge in [0.05, 0.1) is 19.0 Å². The maximum absolute atomic E-state index is 13.3. The monoisotopic (exact) mass is 428 g/mol. The molecule has 3 aromatic heterocycles. The molecular formula is C21H17ClN2O4S. The first-order valence-electron chi connectivity index (χ1n) is 8.96. The second-order valence-electron chi connectivity index (χ2n) is 6.38. The molecule has 0 radical (unpaired) electrons. The molecule has 4 aromatic rings. The van der Waals surface area contributed by atoms with Gasteiger partial charge in [-0.25, -0.2) is 9.78 Å². The van der Waals surface area contributed by atoms with E-state index in [0.29, 0.717) is 26.8 Å². The van der Waals surface area contributed by atoms with Crippen LogP contribution in [-0.4, -0.2) is 22.6 Å². The van der Waals surface area contributed by atoms with E-state index >= 15 is 0 Å². The van der Waals surface area contributed by atoms with E-state index < -0.39 is 5.97 Å². The molecule has 0 bridgehead atoms. The molecule has 29 heavy (non-hydrogen) atoms. The van der Waals surface area contributed by atoms with E-state index in [4.69, 9.17) is 21.0 Å². The summed E-state index contributed by atoms with van der Waals surface area (Å²) in [6.07, 6.45) is 0.831. The van der Waals surface area contributed by atoms with Gasteiger partial charge in [-0.15, -0.1) is 11.3 Å². The highest BCUT2D eigenvalue weighted by Gasteiger charge is 2.18. The van der Waals surface area contributed by atoms with E-state index in [-0.39, 0.29) is 17.9 Å². The molecule has 0 aliphatic carbocycles. The zero-order valence-electron chi connectivity index (χ0n) is 15.8. The van der Waals surface area contributed by atoms with E-state index in [1.807, 2.05) is 25.1 Å². The van der Waals surface area contributed by atoms with Crippen molar-refractivity contribution in [2.75, 3.05) is 7.11 Å². The number of ether oxygens (including phenoxy) is 1. The van der Waals surface area contributed by atoms with Crippen molar-refractivity contribution in [2.45, 2.75) is 19.9 Å². The highest BCUT2D eigenvalue weighted by Crippen LogP contribution is 2.27. The lowest BCUT2D eigenvalue weighted by Gasteiger charge is -2.11. The van der Waals surface area contributed by atoms with Crippen LogP contribution in [0.25, 0.3) is 21.6 Å². The van der Waals surface area contributed by atoms with Gasteiger partial charge >= 0.3 is 5.97 Å². The van der Waals surface area contributed by atoms with E-state index in [1.165, 1.54) is 24.5 Å². The fourth-order valence-electron chi connectivity index (χ4n) is 3.04. The molecule has 0 atom stereocenters. The molecule has 0 saturated heterocycles. The number of halogens is 1. The summed E-state index contributed by atoms with van der Waals surface area (Å²) >= 11 is 7.53. The number of nitrogens with zero attached hydrogens (tertiary/aromatic N) is 2. The van der Waals surface area contributed by atoms with Gasteiger partial charge in [-0.3, -0.25) is 9.36 Å². The summed E-state index contributed by atoms with van der Waals surface area (Å²) in [5, 5.41) is 1.17. The number of hydrogen-bond acceptors (Lipinski definition) is 6. The second-order valence-corrected chi connectivity index (χ2v) is 7.93.